The van der Waals surface area contributed by atoms with Crippen molar-refractivity contribution in [2.45, 2.75) is 45.1 Å². The van der Waals surface area contributed by atoms with Crippen molar-refractivity contribution in [2.24, 2.45) is 0 Å². The van der Waals surface area contributed by atoms with Crippen LogP contribution in [0, 0.1) is 0 Å². The SMILES string of the molecule is CCC(=O)C1CCCCN1C(=O)Cc1c[nH]c2ncccc12. The van der Waals surface area contributed by atoms with Gasteiger partial charge in [0.05, 0.1) is 12.5 Å². The minimum Gasteiger partial charge on any atom is -0.346 e. The largest absolute Gasteiger partial charge is 0.346 e. The summed E-state index contributed by atoms with van der Waals surface area (Å²) in [6.07, 6.45) is 7.19. The molecule has 1 N–H and O–H groups in total. The first-order valence-electron chi connectivity index (χ1n) is 7.94. The first kappa shape index (κ1) is 14.8. The Hall–Kier alpha value is -2.17. The zero-order chi connectivity index (χ0) is 15.5. The maximum atomic E-state index is 12.7. The van der Waals surface area contributed by atoms with Gasteiger partial charge in [-0.2, -0.15) is 0 Å². The van der Waals surface area contributed by atoms with E-state index < -0.39 is 0 Å². The predicted molar refractivity (Wildman–Crippen MR) is 84.4 cm³/mol. The van der Waals surface area contributed by atoms with Gasteiger partial charge in [0.1, 0.15) is 5.65 Å². The molecule has 116 valence electrons. The van der Waals surface area contributed by atoms with E-state index in [0.29, 0.717) is 19.4 Å². The number of likely N-dealkylation sites (tertiary alicyclic amines) is 1. The van der Waals surface area contributed by atoms with Crippen LogP contribution >= 0.6 is 0 Å². The summed E-state index contributed by atoms with van der Waals surface area (Å²) in [7, 11) is 0. The first-order valence-corrected chi connectivity index (χ1v) is 7.94. The van der Waals surface area contributed by atoms with Crippen LogP contribution in [0.25, 0.3) is 11.0 Å². The summed E-state index contributed by atoms with van der Waals surface area (Å²) in [4.78, 5) is 33.9. The lowest BCUT2D eigenvalue weighted by Gasteiger charge is -2.34. The third kappa shape index (κ3) is 2.75. The zero-order valence-corrected chi connectivity index (χ0v) is 12.8. The monoisotopic (exact) mass is 299 g/mol. The fraction of sp³-hybridized carbons (Fsp3) is 0.471. The number of aromatic nitrogens is 2. The van der Waals surface area contributed by atoms with Crippen molar-refractivity contribution in [3.8, 4) is 0 Å². The minimum atomic E-state index is -0.227. The number of hydrogen-bond acceptors (Lipinski definition) is 3. The van der Waals surface area contributed by atoms with Crippen molar-refractivity contribution >= 4 is 22.7 Å². The number of hydrogen-bond donors (Lipinski definition) is 1. The van der Waals surface area contributed by atoms with Crippen molar-refractivity contribution in [3.63, 3.8) is 0 Å². The third-order valence-corrected chi connectivity index (χ3v) is 4.42. The second kappa shape index (κ2) is 6.30. The molecule has 5 heteroatoms. The summed E-state index contributed by atoms with van der Waals surface area (Å²) in [5, 5.41) is 0.978. The standard InChI is InChI=1S/C17H21N3O2/c1-2-15(21)14-7-3-4-9-20(14)16(22)10-12-11-19-17-13(12)6-5-8-18-17/h5-6,8,11,14H,2-4,7,9-10H2,1H3,(H,18,19). The molecule has 2 aromatic rings. The molecule has 1 unspecified atom stereocenters. The zero-order valence-electron chi connectivity index (χ0n) is 12.8. The Balaban J connectivity index is 1.79. The number of ketones is 1. The van der Waals surface area contributed by atoms with Crippen LogP contribution in [0.2, 0.25) is 0 Å². The lowest BCUT2D eigenvalue weighted by Crippen LogP contribution is -2.48. The molecule has 1 aliphatic rings. The van der Waals surface area contributed by atoms with E-state index in [4.69, 9.17) is 0 Å². The van der Waals surface area contributed by atoms with Gasteiger partial charge < -0.3 is 9.88 Å². The molecule has 22 heavy (non-hydrogen) atoms. The van der Waals surface area contributed by atoms with Crippen molar-refractivity contribution in [3.05, 3.63) is 30.1 Å². The van der Waals surface area contributed by atoms with Gasteiger partial charge in [-0.15, -0.1) is 0 Å². The summed E-state index contributed by atoms with van der Waals surface area (Å²) < 4.78 is 0. The van der Waals surface area contributed by atoms with Gasteiger partial charge in [0.2, 0.25) is 5.91 Å². The van der Waals surface area contributed by atoms with Crippen molar-refractivity contribution < 1.29 is 9.59 Å². The first-order chi connectivity index (χ1) is 10.7. The molecule has 2 aromatic heterocycles. The molecular formula is C17H21N3O2. The quantitative estimate of drug-likeness (QED) is 0.943. The Morgan fingerprint density at radius 2 is 2.27 bits per heavy atom. The number of Topliss-reactive ketones (excluding diaryl/α,β-unsaturated/α-hetero) is 1. The molecular weight excluding hydrogens is 278 g/mol. The van der Waals surface area contributed by atoms with Gasteiger partial charge in [0.15, 0.2) is 5.78 Å². The van der Waals surface area contributed by atoms with E-state index in [9.17, 15) is 9.59 Å². The maximum absolute atomic E-state index is 12.7. The van der Waals surface area contributed by atoms with Crippen LogP contribution in [0.5, 0.6) is 0 Å². The molecule has 0 spiro atoms. The van der Waals surface area contributed by atoms with Gasteiger partial charge in [0.25, 0.3) is 0 Å². The number of H-pyrrole nitrogens is 1. The average molecular weight is 299 g/mol. The van der Waals surface area contributed by atoms with Crippen LogP contribution in [-0.4, -0.2) is 39.1 Å². The van der Waals surface area contributed by atoms with Crippen LogP contribution in [-0.2, 0) is 16.0 Å². The van der Waals surface area contributed by atoms with E-state index in [0.717, 1.165) is 35.9 Å². The molecule has 0 saturated carbocycles. The topological polar surface area (TPSA) is 66.1 Å². The van der Waals surface area contributed by atoms with Gasteiger partial charge >= 0.3 is 0 Å². The molecule has 0 aromatic carbocycles. The number of nitrogens with zero attached hydrogens (tertiary/aromatic N) is 2. The second-order valence-electron chi connectivity index (χ2n) is 5.81. The highest BCUT2D eigenvalue weighted by molar-refractivity contribution is 5.91. The number of carbonyl (C=O) groups is 2. The summed E-state index contributed by atoms with van der Waals surface area (Å²) in [6.45, 7) is 2.56. The number of pyridine rings is 1. The van der Waals surface area contributed by atoms with Crippen molar-refractivity contribution in [1.82, 2.24) is 14.9 Å². The lowest BCUT2D eigenvalue weighted by molar-refractivity contribution is -0.140. The number of piperidine rings is 1. The Labute approximate surface area is 129 Å². The average Bonchev–Trinajstić information content (AvgIpc) is 2.97. The molecule has 1 fully saturated rings. The van der Waals surface area contributed by atoms with Crippen LogP contribution in [0.4, 0.5) is 0 Å². The Morgan fingerprint density at radius 1 is 1.41 bits per heavy atom. The predicted octanol–water partition coefficient (Wildman–Crippen LogP) is 2.47. The summed E-state index contributed by atoms with van der Waals surface area (Å²) >= 11 is 0. The van der Waals surface area contributed by atoms with E-state index in [1.165, 1.54) is 0 Å². The van der Waals surface area contributed by atoms with Gasteiger partial charge in [-0.1, -0.05) is 6.92 Å². The van der Waals surface area contributed by atoms with Crippen molar-refractivity contribution in [1.29, 1.82) is 0 Å². The van der Waals surface area contributed by atoms with Gasteiger partial charge in [0, 0.05) is 30.7 Å². The molecule has 0 radical (unpaired) electrons. The smallest absolute Gasteiger partial charge is 0.227 e. The van der Waals surface area contributed by atoms with Crippen LogP contribution in [0.3, 0.4) is 0 Å². The highest BCUT2D eigenvalue weighted by atomic mass is 16.2. The highest BCUT2D eigenvalue weighted by Gasteiger charge is 2.31. The molecule has 0 bridgehead atoms. The lowest BCUT2D eigenvalue weighted by atomic mass is 9.96. The molecule has 1 atom stereocenters. The second-order valence-corrected chi connectivity index (χ2v) is 5.81. The number of aromatic amines is 1. The fourth-order valence-electron chi connectivity index (χ4n) is 3.22. The molecule has 3 heterocycles. The Bertz CT molecular complexity index is 692. The molecule has 3 rings (SSSR count). The molecule has 1 aliphatic heterocycles. The molecule has 1 amide bonds. The summed E-state index contributed by atoms with van der Waals surface area (Å²) in [6, 6.07) is 3.61. The molecule has 1 saturated heterocycles. The van der Waals surface area contributed by atoms with E-state index in [1.54, 1.807) is 11.1 Å². The number of nitrogens with one attached hydrogen (secondary N) is 1. The van der Waals surface area contributed by atoms with Crippen LogP contribution in [0.1, 0.15) is 38.2 Å². The fourth-order valence-corrected chi connectivity index (χ4v) is 3.22. The Kier molecular flexibility index (Phi) is 4.22. The Morgan fingerprint density at radius 3 is 3.09 bits per heavy atom. The minimum absolute atomic E-state index is 0.0382. The van der Waals surface area contributed by atoms with Gasteiger partial charge in [-0.3, -0.25) is 9.59 Å². The van der Waals surface area contributed by atoms with E-state index in [2.05, 4.69) is 9.97 Å². The van der Waals surface area contributed by atoms with Gasteiger partial charge in [-0.05, 0) is 37.0 Å². The van der Waals surface area contributed by atoms with Gasteiger partial charge in [-0.25, -0.2) is 4.98 Å². The normalized spacial score (nSPS) is 18.6. The van der Waals surface area contributed by atoms with E-state index in [-0.39, 0.29) is 17.7 Å². The van der Waals surface area contributed by atoms with Crippen LogP contribution < -0.4 is 0 Å². The number of rotatable bonds is 4. The third-order valence-electron chi connectivity index (χ3n) is 4.42. The number of carbonyl (C=O) groups excluding carboxylic acids is 2. The molecule has 5 nitrogen and oxygen atoms in total. The van der Waals surface area contributed by atoms with Crippen molar-refractivity contribution in [2.75, 3.05) is 6.54 Å². The summed E-state index contributed by atoms with van der Waals surface area (Å²) in [5.74, 6) is 0.213. The molecule has 0 aliphatic carbocycles. The number of amides is 1. The highest BCUT2D eigenvalue weighted by Crippen LogP contribution is 2.22. The van der Waals surface area contributed by atoms with Crippen LogP contribution in [0.15, 0.2) is 24.5 Å². The van der Waals surface area contributed by atoms with E-state index >= 15 is 0 Å². The summed E-state index contributed by atoms with van der Waals surface area (Å²) in [5.41, 5.74) is 1.74. The van der Waals surface area contributed by atoms with E-state index in [1.807, 2.05) is 25.3 Å². The number of fused-ring (bicyclic) bond motifs is 1. The maximum Gasteiger partial charge on any atom is 0.227 e.